The molecule has 26 heavy (non-hydrogen) atoms. The molecule has 152 valence electrons. The van der Waals surface area contributed by atoms with Crippen molar-refractivity contribution in [3.05, 3.63) is 0 Å². The zero-order chi connectivity index (χ0) is 19.9. The van der Waals surface area contributed by atoms with E-state index in [0.717, 1.165) is 0 Å². The van der Waals surface area contributed by atoms with Gasteiger partial charge in [-0.25, -0.2) is 0 Å². The Kier molecular flexibility index (Phi) is 9.23. The lowest BCUT2D eigenvalue weighted by Crippen LogP contribution is -3.07. The highest BCUT2D eigenvalue weighted by molar-refractivity contribution is 5.69. The van der Waals surface area contributed by atoms with Crippen LogP contribution in [0.3, 0.4) is 0 Å². The predicted octanol–water partition coefficient (Wildman–Crippen LogP) is -6.01. The standard InChI is InChI=1S/C12H22N2O12/c15-7(1-3-13(20)21)24-5-6-9(17)10(18)11(19)12(25-6)26-8(16)2-4-14(22)23/h6,9-12,17-23H,1-5H2/p+2/t6-,9-,10+,11-,12+/m1/s1. The molecule has 1 saturated heterocycles. The molecule has 14 heteroatoms. The van der Waals surface area contributed by atoms with Crippen molar-refractivity contribution in [2.24, 2.45) is 0 Å². The van der Waals surface area contributed by atoms with Gasteiger partial charge in [-0.15, -0.1) is 0 Å². The topological polar surface area (TPSA) is 212 Å². The van der Waals surface area contributed by atoms with Gasteiger partial charge in [-0.3, -0.25) is 9.59 Å². The van der Waals surface area contributed by atoms with Gasteiger partial charge in [0.15, 0.2) is 13.1 Å². The van der Waals surface area contributed by atoms with Crippen LogP contribution in [0.1, 0.15) is 12.8 Å². The van der Waals surface area contributed by atoms with Gasteiger partial charge in [0.2, 0.25) is 6.29 Å². The molecule has 0 amide bonds. The molecule has 1 heterocycles. The lowest BCUT2D eigenvalue weighted by molar-refractivity contribution is -1.24. The molecule has 0 saturated carbocycles. The number of carbonyl (C=O) groups excluding carboxylic acids is 2. The van der Waals surface area contributed by atoms with E-state index in [1.165, 1.54) is 0 Å². The van der Waals surface area contributed by atoms with Gasteiger partial charge in [-0.1, -0.05) is 10.5 Å². The molecule has 14 nitrogen and oxygen atoms in total. The average Bonchev–Trinajstić information content (AvgIpc) is 2.57. The number of aliphatic hydroxyl groups excluding tert-OH is 3. The van der Waals surface area contributed by atoms with E-state index in [0.29, 0.717) is 0 Å². The molecule has 0 aromatic rings. The maximum Gasteiger partial charge on any atom is 0.314 e. The summed E-state index contributed by atoms with van der Waals surface area (Å²) in [7, 11) is 0. The van der Waals surface area contributed by atoms with Crippen molar-refractivity contribution < 1.29 is 70.4 Å². The minimum absolute atomic E-state index is 0.344. The van der Waals surface area contributed by atoms with E-state index in [9.17, 15) is 24.9 Å². The third-order valence-corrected chi connectivity index (χ3v) is 3.43. The van der Waals surface area contributed by atoms with Crippen LogP contribution in [-0.2, 0) is 23.8 Å². The molecule has 0 aliphatic carbocycles. The summed E-state index contributed by atoms with van der Waals surface area (Å²) < 4.78 is 14.6. The number of rotatable bonds is 9. The quantitative estimate of drug-likeness (QED) is 0.133. The Balaban J connectivity index is 2.55. The van der Waals surface area contributed by atoms with Crippen LogP contribution < -0.4 is 10.5 Å². The van der Waals surface area contributed by atoms with Crippen LogP contribution in [0.25, 0.3) is 0 Å². The molecule has 0 spiro atoms. The monoisotopic (exact) mass is 388 g/mol. The summed E-state index contributed by atoms with van der Waals surface area (Å²) in [5, 5.41) is 61.9. The highest BCUT2D eigenvalue weighted by atomic mass is 16.8. The second-order valence-corrected chi connectivity index (χ2v) is 5.52. The predicted molar refractivity (Wildman–Crippen MR) is 71.8 cm³/mol. The highest BCUT2D eigenvalue weighted by Crippen LogP contribution is 2.22. The highest BCUT2D eigenvalue weighted by Gasteiger charge is 2.46. The molecule has 1 rings (SSSR count). The molecule has 1 aliphatic rings. The van der Waals surface area contributed by atoms with Gasteiger partial charge in [0.05, 0.1) is 0 Å². The number of hydrogen-bond acceptors (Lipinski definition) is 12. The van der Waals surface area contributed by atoms with Gasteiger partial charge in [0, 0.05) is 0 Å². The fraction of sp³-hybridized carbons (Fsp3) is 0.833. The van der Waals surface area contributed by atoms with Crippen LogP contribution in [0.15, 0.2) is 0 Å². The van der Waals surface area contributed by atoms with Crippen LogP contribution in [0.5, 0.6) is 0 Å². The summed E-state index contributed by atoms with van der Waals surface area (Å²) in [6.45, 7) is -1.30. The van der Waals surface area contributed by atoms with Gasteiger partial charge in [-0.05, 0) is 0 Å². The SMILES string of the molecule is O=C(CC[NH+](O)O)OC[C@H]1O[C@@H](OC(=O)CC[NH+](O)O)[C@H](O)[C@@H](O)[C@@H]1O. The molecule has 0 aromatic carbocycles. The fourth-order valence-electron chi connectivity index (χ4n) is 2.02. The second-order valence-electron chi connectivity index (χ2n) is 5.52. The summed E-state index contributed by atoms with van der Waals surface area (Å²) in [5.74, 6) is -1.81. The van der Waals surface area contributed by atoms with E-state index in [4.69, 9.17) is 35.0 Å². The smallest absolute Gasteiger partial charge is 0.314 e. The zero-order valence-corrected chi connectivity index (χ0v) is 13.6. The molecule has 1 aliphatic heterocycles. The molecule has 0 unspecified atom stereocenters. The lowest BCUT2D eigenvalue weighted by Gasteiger charge is -2.39. The molecular weight excluding hydrogens is 364 g/mol. The fourth-order valence-corrected chi connectivity index (χ4v) is 2.02. The Morgan fingerprint density at radius 3 is 1.92 bits per heavy atom. The number of quaternary nitrogens is 2. The minimum atomic E-state index is -1.78. The Bertz CT molecular complexity index is 459. The Morgan fingerprint density at radius 2 is 1.38 bits per heavy atom. The van der Waals surface area contributed by atoms with E-state index in [1.54, 1.807) is 0 Å². The number of ether oxygens (including phenoxy) is 3. The summed E-state index contributed by atoms with van der Waals surface area (Å²) in [4.78, 5) is 23.0. The Morgan fingerprint density at radius 1 is 0.846 bits per heavy atom. The van der Waals surface area contributed by atoms with Crippen molar-refractivity contribution in [2.75, 3.05) is 19.7 Å². The molecule has 5 atom stereocenters. The molecule has 0 radical (unpaired) electrons. The third-order valence-electron chi connectivity index (χ3n) is 3.43. The minimum Gasteiger partial charge on any atom is -0.463 e. The summed E-state index contributed by atoms with van der Waals surface area (Å²) in [6, 6.07) is 0. The number of aliphatic hydroxyl groups is 3. The maximum absolute atomic E-state index is 11.5. The number of carbonyl (C=O) groups is 2. The molecule has 1 fully saturated rings. The van der Waals surface area contributed by atoms with Crippen LogP contribution in [0, 0.1) is 0 Å². The van der Waals surface area contributed by atoms with Gasteiger partial charge >= 0.3 is 11.9 Å². The molecular formula is C12H24N2O12+2. The summed E-state index contributed by atoms with van der Waals surface area (Å²) in [5.41, 5.74) is 0. The second kappa shape index (κ2) is 10.6. The number of hydrogen-bond donors (Lipinski definition) is 9. The third kappa shape index (κ3) is 7.42. The van der Waals surface area contributed by atoms with Crippen LogP contribution >= 0.6 is 0 Å². The van der Waals surface area contributed by atoms with Crippen LogP contribution in [0.2, 0.25) is 0 Å². The first-order valence-corrected chi connectivity index (χ1v) is 7.64. The van der Waals surface area contributed by atoms with Crippen molar-refractivity contribution >= 4 is 11.9 Å². The van der Waals surface area contributed by atoms with E-state index in [1.807, 2.05) is 0 Å². The van der Waals surface area contributed by atoms with Crippen molar-refractivity contribution in [2.45, 2.75) is 43.5 Å². The van der Waals surface area contributed by atoms with Crippen LogP contribution in [-0.4, -0.2) is 98.5 Å². The first-order chi connectivity index (χ1) is 12.1. The van der Waals surface area contributed by atoms with Gasteiger partial charge in [0.1, 0.15) is 43.9 Å². The van der Waals surface area contributed by atoms with E-state index < -0.39 is 72.7 Å². The van der Waals surface area contributed by atoms with Crippen molar-refractivity contribution in [3.8, 4) is 0 Å². The van der Waals surface area contributed by atoms with E-state index >= 15 is 0 Å². The van der Waals surface area contributed by atoms with Gasteiger partial charge in [0.25, 0.3) is 0 Å². The zero-order valence-electron chi connectivity index (χ0n) is 13.6. The van der Waals surface area contributed by atoms with Crippen molar-refractivity contribution in [3.63, 3.8) is 0 Å². The largest absolute Gasteiger partial charge is 0.463 e. The van der Waals surface area contributed by atoms with Gasteiger partial charge < -0.3 is 29.5 Å². The Labute approximate surface area is 146 Å². The van der Waals surface area contributed by atoms with Crippen molar-refractivity contribution in [1.82, 2.24) is 0 Å². The first-order valence-electron chi connectivity index (χ1n) is 7.64. The average molecular weight is 388 g/mol. The van der Waals surface area contributed by atoms with Crippen molar-refractivity contribution in [1.29, 1.82) is 0 Å². The maximum atomic E-state index is 11.5. The number of nitrogens with one attached hydrogen (secondary N) is 2. The Hall–Kier alpha value is -1.46. The van der Waals surface area contributed by atoms with Crippen LogP contribution in [0.4, 0.5) is 0 Å². The molecule has 9 N–H and O–H groups in total. The first kappa shape index (κ1) is 22.6. The van der Waals surface area contributed by atoms with Gasteiger partial charge in [-0.2, -0.15) is 20.8 Å². The summed E-state index contributed by atoms with van der Waals surface area (Å²) >= 11 is 0. The summed E-state index contributed by atoms with van der Waals surface area (Å²) in [6.07, 6.45) is -9.00. The lowest BCUT2D eigenvalue weighted by atomic mass is 9.99. The normalized spacial score (nSPS) is 29.0. The van der Waals surface area contributed by atoms with E-state index in [-0.39, 0.29) is 13.0 Å². The molecule has 0 aromatic heterocycles. The number of hydroxylamine groups is 4. The van der Waals surface area contributed by atoms with E-state index in [2.05, 4.69) is 0 Å². The molecule has 0 bridgehead atoms. The number of esters is 2.